The number of aromatic nitrogens is 1. The third kappa shape index (κ3) is 4.49. The van der Waals surface area contributed by atoms with E-state index in [1.807, 2.05) is 44.5 Å². The van der Waals surface area contributed by atoms with E-state index in [4.69, 9.17) is 12.2 Å². The monoisotopic (exact) mass is 354 g/mol. The summed E-state index contributed by atoms with van der Waals surface area (Å²) in [5.41, 5.74) is 6.89. The number of aryl methyl sites for hydroxylation is 1. The zero-order valence-corrected chi connectivity index (χ0v) is 15.3. The molecular formula is C14H18N4OS3. The number of hydrazine groups is 1. The maximum Gasteiger partial charge on any atom is 0.281 e. The van der Waals surface area contributed by atoms with Crippen LogP contribution < -0.4 is 16.2 Å². The lowest BCUT2D eigenvalue weighted by Gasteiger charge is -2.22. The van der Waals surface area contributed by atoms with Crippen molar-refractivity contribution in [1.29, 1.82) is 0 Å². The molecule has 5 nitrogen and oxygen atoms in total. The average Bonchev–Trinajstić information content (AvgIpc) is 3.02. The van der Waals surface area contributed by atoms with Gasteiger partial charge in [0.25, 0.3) is 5.91 Å². The molecule has 0 bridgehead atoms. The highest BCUT2D eigenvalue weighted by Gasteiger charge is 2.17. The predicted molar refractivity (Wildman–Crippen MR) is 96.3 cm³/mol. The minimum atomic E-state index is -0.241. The van der Waals surface area contributed by atoms with Gasteiger partial charge in [-0.25, -0.2) is 4.98 Å². The summed E-state index contributed by atoms with van der Waals surface area (Å²) in [4.78, 5) is 17.3. The highest BCUT2D eigenvalue weighted by atomic mass is 32.1. The largest absolute Gasteiger partial charge is 0.357 e. The first-order chi connectivity index (χ1) is 10.3. The summed E-state index contributed by atoms with van der Waals surface area (Å²) < 4.78 is 0. The number of amides is 1. The van der Waals surface area contributed by atoms with Crippen LogP contribution in [-0.2, 0) is 0 Å². The molecule has 0 unspecified atom stereocenters. The maximum atomic E-state index is 12.2. The highest BCUT2D eigenvalue weighted by molar-refractivity contribution is 7.80. The van der Waals surface area contributed by atoms with E-state index in [0.29, 0.717) is 15.7 Å². The summed E-state index contributed by atoms with van der Waals surface area (Å²) in [5.74, 6) is -0.241. The van der Waals surface area contributed by atoms with E-state index in [-0.39, 0.29) is 11.4 Å². The maximum absolute atomic E-state index is 12.2. The van der Waals surface area contributed by atoms with E-state index in [9.17, 15) is 4.79 Å². The molecule has 0 saturated heterocycles. The van der Waals surface area contributed by atoms with Gasteiger partial charge in [-0.05, 0) is 51.4 Å². The molecule has 0 aliphatic heterocycles. The number of thiocarbonyl (C=S) groups is 1. The van der Waals surface area contributed by atoms with Crippen molar-refractivity contribution in [3.05, 3.63) is 27.4 Å². The fourth-order valence-electron chi connectivity index (χ4n) is 1.66. The molecule has 8 heteroatoms. The van der Waals surface area contributed by atoms with Crippen molar-refractivity contribution in [3.8, 4) is 10.6 Å². The van der Waals surface area contributed by atoms with Gasteiger partial charge in [0.15, 0.2) is 5.11 Å². The van der Waals surface area contributed by atoms with Crippen molar-refractivity contribution in [2.45, 2.75) is 33.2 Å². The Bertz CT molecular complexity index is 671. The summed E-state index contributed by atoms with van der Waals surface area (Å²) in [6.45, 7) is 7.79. The minimum Gasteiger partial charge on any atom is -0.357 e. The van der Waals surface area contributed by atoms with Gasteiger partial charge in [0.1, 0.15) is 9.88 Å². The molecule has 22 heavy (non-hydrogen) atoms. The van der Waals surface area contributed by atoms with Gasteiger partial charge in [0.05, 0.1) is 5.69 Å². The van der Waals surface area contributed by atoms with Crippen LogP contribution >= 0.6 is 34.9 Å². The summed E-state index contributed by atoms with van der Waals surface area (Å²) in [6.07, 6.45) is 0. The molecule has 0 aliphatic rings. The van der Waals surface area contributed by atoms with Gasteiger partial charge in [-0.1, -0.05) is 0 Å². The number of hydrogen-bond acceptors (Lipinski definition) is 5. The SMILES string of the molecule is Cc1nc(-c2ccsc2)sc1C(=O)NNC(=S)NC(C)(C)C. The molecule has 3 N–H and O–H groups in total. The number of nitrogens with one attached hydrogen (secondary N) is 3. The molecule has 0 saturated carbocycles. The fraction of sp³-hybridized carbons (Fsp3) is 0.357. The second-order valence-corrected chi connectivity index (χ2v) is 7.92. The predicted octanol–water partition coefficient (Wildman–Crippen LogP) is 3.09. The number of thiazole rings is 1. The molecule has 2 heterocycles. The second-order valence-electron chi connectivity index (χ2n) is 5.73. The lowest BCUT2D eigenvalue weighted by Crippen LogP contribution is -2.52. The zero-order valence-electron chi connectivity index (χ0n) is 12.8. The first-order valence-corrected chi connectivity index (χ1v) is 8.81. The summed E-state index contributed by atoms with van der Waals surface area (Å²) in [5, 5.41) is 8.29. The zero-order chi connectivity index (χ0) is 16.3. The number of hydrogen-bond donors (Lipinski definition) is 3. The fourth-order valence-corrected chi connectivity index (χ4v) is 3.69. The molecule has 0 fully saturated rings. The van der Waals surface area contributed by atoms with E-state index < -0.39 is 0 Å². The summed E-state index contributed by atoms with van der Waals surface area (Å²) in [7, 11) is 0. The van der Waals surface area contributed by atoms with Gasteiger partial charge >= 0.3 is 0 Å². The van der Waals surface area contributed by atoms with Gasteiger partial charge in [-0.3, -0.25) is 15.6 Å². The van der Waals surface area contributed by atoms with Crippen molar-refractivity contribution in [2.24, 2.45) is 0 Å². The molecule has 0 aromatic carbocycles. The Morgan fingerprint density at radius 3 is 2.64 bits per heavy atom. The Labute approximate surface area is 143 Å². The van der Waals surface area contributed by atoms with Gasteiger partial charge < -0.3 is 5.32 Å². The Morgan fingerprint density at radius 2 is 2.05 bits per heavy atom. The van der Waals surface area contributed by atoms with Gasteiger partial charge in [-0.2, -0.15) is 11.3 Å². The van der Waals surface area contributed by atoms with E-state index in [2.05, 4.69) is 21.2 Å². The molecular weight excluding hydrogens is 336 g/mol. The Balaban J connectivity index is 2.00. The van der Waals surface area contributed by atoms with Crippen LogP contribution in [-0.4, -0.2) is 21.5 Å². The summed E-state index contributed by atoms with van der Waals surface area (Å²) >= 11 is 8.10. The highest BCUT2D eigenvalue weighted by Crippen LogP contribution is 2.29. The van der Waals surface area contributed by atoms with Crippen LogP contribution in [0.25, 0.3) is 10.6 Å². The minimum absolute atomic E-state index is 0.165. The van der Waals surface area contributed by atoms with E-state index in [1.54, 1.807) is 11.3 Å². The Hall–Kier alpha value is -1.51. The molecule has 118 valence electrons. The molecule has 2 aromatic heterocycles. The van der Waals surface area contributed by atoms with Crippen LogP contribution in [0.4, 0.5) is 0 Å². The third-order valence-electron chi connectivity index (χ3n) is 2.55. The van der Waals surface area contributed by atoms with Crippen molar-refractivity contribution < 1.29 is 4.79 Å². The van der Waals surface area contributed by atoms with Crippen LogP contribution in [0.3, 0.4) is 0 Å². The van der Waals surface area contributed by atoms with E-state index in [1.165, 1.54) is 11.3 Å². The molecule has 0 atom stereocenters. The van der Waals surface area contributed by atoms with Crippen molar-refractivity contribution >= 4 is 45.9 Å². The second kappa shape index (κ2) is 6.72. The first-order valence-electron chi connectivity index (χ1n) is 6.65. The molecule has 2 rings (SSSR count). The average molecular weight is 355 g/mol. The number of carbonyl (C=O) groups is 1. The smallest absolute Gasteiger partial charge is 0.281 e. The van der Waals surface area contributed by atoms with E-state index >= 15 is 0 Å². The number of nitrogens with zero attached hydrogens (tertiary/aromatic N) is 1. The standard InChI is InChI=1S/C14H18N4OS3/c1-8-10(22-12(15-8)9-5-6-21-7-9)11(19)17-18-13(20)16-14(2,3)4/h5-7H,1-4H3,(H,17,19)(H2,16,18,20). The van der Waals surface area contributed by atoms with Crippen LogP contribution in [0.2, 0.25) is 0 Å². The van der Waals surface area contributed by atoms with Crippen LogP contribution in [0, 0.1) is 6.92 Å². The Morgan fingerprint density at radius 1 is 1.32 bits per heavy atom. The lowest BCUT2D eigenvalue weighted by atomic mass is 10.1. The van der Waals surface area contributed by atoms with Gasteiger partial charge in [0.2, 0.25) is 0 Å². The van der Waals surface area contributed by atoms with Crippen molar-refractivity contribution in [2.75, 3.05) is 0 Å². The van der Waals surface area contributed by atoms with Gasteiger partial charge in [0, 0.05) is 16.5 Å². The lowest BCUT2D eigenvalue weighted by molar-refractivity contribution is 0.0946. The number of rotatable bonds is 2. The topological polar surface area (TPSA) is 66.0 Å². The van der Waals surface area contributed by atoms with E-state index in [0.717, 1.165) is 10.6 Å². The number of thiophene rings is 1. The molecule has 0 spiro atoms. The summed E-state index contributed by atoms with van der Waals surface area (Å²) in [6, 6.07) is 1.99. The first kappa shape index (κ1) is 16.9. The normalized spacial score (nSPS) is 11.1. The van der Waals surface area contributed by atoms with Gasteiger partial charge in [-0.15, -0.1) is 11.3 Å². The number of carbonyl (C=O) groups excluding carboxylic acids is 1. The molecule has 2 aromatic rings. The molecule has 0 aliphatic carbocycles. The molecule has 1 amide bonds. The Kier molecular flexibility index (Phi) is 5.15. The quantitative estimate of drug-likeness (QED) is 0.571. The van der Waals surface area contributed by atoms with Crippen LogP contribution in [0.15, 0.2) is 16.8 Å². The third-order valence-corrected chi connectivity index (χ3v) is 4.64. The van der Waals surface area contributed by atoms with Crippen LogP contribution in [0.1, 0.15) is 36.1 Å². The van der Waals surface area contributed by atoms with Crippen LogP contribution in [0.5, 0.6) is 0 Å². The molecule has 0 radical (unpaired) electrons. The van der Waals surface area contributed by atoms with Crippen molar-refractivity contribution in [3.63, 3.8) is 0 Å². The van der Waals surface area contributed by atoms with Crippen molar-refractivity contribution in [1.82, 2.24) is 21.2 Å².